The van der Waals surface area contributed by atoms with Gasteiger partial charge in [0.1, 0.15) is 5.75 Å². The lowest BCUT2D eigenvalue weighted by atomic mass is 10.2. The standard InChI is InChI=1S/C16H20N4O2/c1-3-6-13-10-15(21)19-16(18-13)20-17-11-12-7-5-8-14(9-12)22-4-2/h5,7-11H,3-4,6H2,1-2H3,(H2,18,19,20,21)/b17-11+. The summed E-state index contributed by atoms with van der Waals surface area (Å²) in [4.78, 5) is 18.4. The van der Waals surface area contributed by atoms with Crippen LogP contribution in [0.2, 0.25) is 0 Å². The van der Waals surface area contributed by atoms with Crippen LogP contribution in [0.25, 0.3) is 0 Å². The van der Waals surface area contributed by atoms with Crippen molar-refractivity contribution in [1.29, 1.82) is 0 Å². The van der Waals surface area contributed by atoms with Gasteiger partial charge in [0.05, 0.1) is 12.8 Å². The number of aromatic amines is 1. The molecule has 0 unspecified atom stereocenters. The molecule has 0 saturated heterocycles. The molecule has 2 N–H and O–H groups in total. The maximum Gasteiger partial charge on any atom is 0.252 e. The molecule has 0 spiro atoms. The van der Waals surface area contributed by atoms with Crippen molar-refractivity contribution in [3.63, 3.8) is 0 Å². The van der Waals surface area contributed by atoms with E-state index in [1.54, 1.807) is 6.21 Å². The van der Waals surface area contributed by atoms with Crippen molar-refractivity contribution in [3.05, 3.63) is 51.9 Å². The predicted octanol–water partition coefficient (Wildman–Crippen LogP) is 2.57. The normalized spacial score (nSPS) is 10.8. The minimum absolute atomic E-state index is 0.186. The topological polar surface area (TPSA) is 79.4 Å². The molecular weight excluding hydrogens is 280 g/mol. The van der Waals surface area contributed by atoms with E-state index in [1.807, 2.05) is 38.1 Å². The van der Waals surface area contributed by atoms with E-state index >= 15 is 0 Å². The summed E-state index contributed by atoms with van der Waals surface area (Å²) in [6, 6.07) is 9.09. The second kappa shape index (κ2) is 7.97. The highest BCUT2D eigenvalue weighted by molar-refractivity contribution is 5.80. The first-order valence-electron chi connectivity index (χ1n) is 7.33. The monoisotopic (exact) mass is 300 g/mol. The van der Waals surface area contributed by atoms with Gasteiger partial charge in [-0.3, -0.25) is 9.78 Å². The highest BCUT2D eigenvalue weighted by Crippen LogP contribution is 2.11. The molecular formula is C16H20N4O2. The Balaban J connectivity index is 2.06. The molecule has 0 aliphatic rings. The average Bonchev–Trinajstić information content (AvgIpc) is 2.48. The molecule has 0 saturated carbocycles. The summed E-state index contributed by atoms with van der Waals surface area (Å²) in [5, 5.41) is 4.09. The fourth-order valence-electron chi connectivity index (χ4n) is 1.96. The van der Waals surface area contributed by atoms with Crippen molar-refractivity contribution < 1.29 is 4.74 Å². The second-order valence-electron chi connectivity index (χ2n) is 4.71. The third-order valence-electron chi connectivity index (χ3n) is 2.85. The van der Waals surface area contributed by atoms with E-state index in [0.29, 0.717) is 12.6 Å². The Kier molecular flexibility index (Phi) is 5.71. The minimum atomic E-state index is -0.186. The first-order valence-corrected chi connectivity index (χ1v) is 7.33. The summed E-state index contributed by atoms with van der Waals surface area (Å²) in [6.45, 7) is 4.60. The Morgan fingerprint density at radius 3 is 3.00 bits per heavy atom. The molecule has 22 heavy (non-hydrogen) atoms. The summed E-state index contributed by atoms with van der Waals surface area (Å²) in [6.07, 6.45) is 3.34. The number of nitrogens with zero attached hydrogens (tertiary/aromatic N) is 2. The first-order chi connectivity index (χ1) is 10.7. The van der Waals surface area contributed by atoms with Crippen LogP contribution in [-0.4, -0.2) is 22.8 Å². The molecule has 0 amide bonds. The Hall–Kier alpha value is -2.63. The number of nitrogens with one attached hydrogen (secondary N) is 2. The lowest BCUT2D eigenvalue weighted by molar-refractivity contribution is 0.340. The summed E-state index contributed by atoms with van der Waals surface area (Å²) < 4.78 is 5.43. The largest absolute Gasteiger partial charge is 0.494 e. The molecule has 6 heteroatoms. The van der Waals surface area contributed by atoms with Crippen molar-refractivity contribution in [1.82, 2.24) is 9.97 Å². The number of aryl methyl sites for hydroxylation is 1. The molecule has 0 aliphatic carbocycles. The fraction of sp³-hybridized carbons (Fsp3) is 0.312. The Bertz CT molecular complexity index is 695. The summed E-state index contributed by atoms with van der Waals surface area (Å²) in [7, 11) is 0. The van der Waals surface area contributed by atoms with Gasteiger partial charge in [0.15, 0.2) is 0 Å². The van der Waals surface area contributed by atoms with Crippen molar-refractivity contribution in [2.45, 2.75) is 26.7 Å². The maximum absolute atomic E-state index is 11.5. The van der Waals surface area contributed by atoms with Gasteiger partial charge in [-0.1, -0.05) is 25.5 Å². The number of hydrazone groups is 1. The second-order valence-corrected chi connectivity index (χ2v) is 4.71. The zero-order chi connectivity index (χ0) is 15.8. The van der Waals surface area contributed by atoms with Gasteiger partial charge >= 0.3 is 0 Å². The number of H-pyrrole nitrogens is 1. The minimum Gasteiger partial charge on any atom is -0.494 e. The summed E-state index contributed by atoms with van der Waals surface area (Å²) >= 11 is 0. The van der Waals surface area contributed by atoms with E-state index in [2.05, 4.69) is 20.5 Å². The molecule has 1 aromatic heterocycles. The Morgan fingerprint density at radius 1 is 1.36 bits per heavy atom. The van der Waals surface area contributed by atoms with Crippen LogP contribution in [-0.2, 0) is 6.42 Å². The Labute approximate surface area is 129 Å². The number of hydrogen-bond acceptors (Lipinski definition) is 5. The van der Waals surface area contributed by atoms with Crippen molar-refractivity contribution >= 4 is 12.2 Å². The van der Waals surface area contributed by atoms with E-state index < -0.39 is 0 Å². The molecule has 0 fully saturated rings. The smallest absolute Gasteiger partial charge is 0.252 e. The van der Waals surface area contributed by atoms with E-state index in [4.69, 9.17) is 4.74 Å². The van der Waals surface area contributed by atoms with Crippen LogP contribution in [0.3, 0.4) is 0 Å². The third kappa shape index (κ3) is 4.73. The van der Waals surface area contributed by atoms with Gasteiger partial charge in [0, 0.05) is 11.8 Å². The van der Waals surface area contributed by atoms with Gasteiger partial charge in [-0.2, -0.15) is 5.10 Å². The molecule has 6 nitrogen and oxygen atoms in total. The number of anilines is 1. The van der Waals surface area contributed by atoms with Crippen LogP contribution in [0.4, 0.5) is 5.95 Å². The predicted molar refractivity (Wildman–Crippen MR) is 87.7 cm³/mol. The highest BCUT2D eigenvalue weighted by Gasteiger charge is 1.99. The van der Waals surface area contributed by atoms with Crippen LogP contribution in [0.15, 0.2) is 40.2 Å². The molecule has 2 aromatic rings. The van der Waals surface area contributed by atoms with E-state index in [-0.39, 0.29) is 5.56 Å². The number of benzene rings is 1. The zero-order valence-corrected chi connectivity index (χ0v) is 12.8. The third-order valence-corrected chi connectivity index (χ3v) is 2.85. The van der Waals surface area contributed by atoms with E-state index in [9.17, 15) is 4.79 Å². The van der Waals surface area contributed by atoms with Crippen molar-refractivity contribution in [2.24, 2.45) is 5.10 Å². The number of aromatic nitrogens is 2. The van der Waals surface area contributed by atoms with Crippen LogP contribution in [0, 0.1) is 0 Å². The molecule has 0 atom stereocenters. The van der Waals surface area contributed by atoms with Gasteiger partial charge in [0.2, 0.25) is 5.95 Å². The summed E-state index contributed by atoms with van der Waals surface area (Å²) in [5.41, 5.74) is 4.21. The van der Waals surface area contributed by atoms with E-state index in [0.717, 1.165) is 29.8 Å². The number of rotatable bonds is 7. The van der Waals surface area contributed by atoms with Crippen molar-refractivity contribution in [2.75, 3.05) is 12.0 Å². The van der Waals surface area contributed by atoms with Gasteiger partial charge in [-0.05, 0) is 31.0 Å². The molecule has 116 valence electrons. The average molecular weight is 300 g/mol. The molecule has 1 heterocycles. The fourth-order valence-corrected chi connectivity index (χ4v) is 1.96. The highest BCUT2D eigenvalue weighted by atomic mass is 16.5. The van der Waals surface area contributed by atoms with Gasteiger partial charge in [-0.15, -0.1) is 0 Å². The molecule has 1 aromatic carbocycles. The lowest BCUT2D eigenvalue weighted by Gasteiger charge is -2.03. The van der Waals surface area contributed by atoms with E-state index in [1.165, 1.54) is 6.07 Å². The van der Waals surface area contributed by atoms with Gasteiger partial charge in [-0.25, -0.2) is 10.4 Å². The number of ether oxygens (including phenoxy) is 1. The van der Waals surface area contributed by atoms with Gasteiger partial charge in [0.25, 0.3) is 5.56 Å². The zero-order valence-electron chi connectivity index (χ0n) is 12.8. The molecule has 0 radical (unpaired) electrons. The molecule has 2 rings (SSSR count). The SMILES string of the molecule is CCCc1cc(=O)[nH]c(N/N=C/c2cccc(OCC)c2)n1. The van der Waals surface area contributed by atoms with Crippen LogP contribution >= 0.6 is 0 Å². The maximum atomic E-state index is 11.5. The Morgan fingerprint density at radius 2 is 2.23 bits per heavy atom. The number of hydrogen-bond donors (Lipinski definition) is 2. The van der Waals surface area contributed by atoms with Crippen LogP contribution < -0.4 is 15.7 Å². The van der Waals surface area contributed by atoms with Gasteiger partial charge < -0.3 is 4.74 Å². The molecule has 0 aliphatic heterocycles. The quantitative estimate of drug-likeness (QED) is 0.608. The first kappa shape index (κ1) is 15.8. The van der Waals surface area contributed by atoms with Crippen LogP contribution in [0.5, 0.6) is 5.75 Å². The van der Waals surface area contributed by atoms with Crippen LogP contribution in [0.1, 0.15) is 31.5 Å². The lowest BCUT2D eigenvalue weighted by Crippen LogP contribution is -2.11. The summed E-state index contributed by atoms with van der Waals surface area (Å²) in [5.74, 6) is 1.14. The van der Waals surface area contributed by atoms with Crippen molar-refractivity contribution in [3.8, 4) is 5.75 Å². The molecule has 0 bridgehead atoms.